The first-order valence-electron chi connectivity index (χ1n) is 7.08. The minimum Gasteiger partial charge on any atom is -0.422 e. The van der Waals surface area contributed by atoms with Gasteiger partial charge in [0.2, 0.25) is 0 Å². The number of aryl methyl sites for hydroxylation is 1. The van der Waals surface area contributed by atoms with Gasteiger partial charge in [0.25, 0.3) is 5.79 Å². The van der Waals surface area contributed by atoms with Crippen LogP contribution in [-0.4, -0.2) is 17.7 Å². The first kappa shape index (κ1) is 13.9. The molecule has 1 fully saturated rings. The average molecular weight is 286 g/mol. The Balaban J connectivity index is 2.12. The van der Waals surface area contributed by atoms with Gasteiger partial charge in [-0.05, 0) is 24.0 Å². The van der Waals surface area contributed by atoms with Crippen LogP contribution < -0.4 is 0 Å². The van der Waals surface area contributed by atoms with E-state index in [2.05, 4.69) is 6.58 Å². The average Bonchev–Trinajstić information content (AvgIpc) is 2.43. The number of cyclic esters (lactones) is 2. The number of hydrogen-bond acceptors (Lipinski definition) is 4. The minimum atomic E-state index is -1.30. The Morgan fingerprint density at radius 1 is 1.19 bits per heavy atom. The number of benzene rings is 1. The molecule has 2 aliphatic rings. The number of carbonyl (C=O) groups is 2. The quantitative estimate of drug-likeness (QED) is 0.452. The Kier molecular flexibility index (Phi) is 2.94. The zero-order valence-electron chi connectivity index (χ0n) is 12.2. The molecule has 0 radical (unpaired) electrons. The van der Waals surface area contributed by atoms with Crippen molar-refractivity contribution in [3.05, 3.63) is 48.0 Å². The topological polar surface area (TPSA) is 52.6 Å². The van der Waals surface area contributed by atoms with Crippen molar-refractivity contribution in [1.82, 2.24) is 0 Å². The number of ether oxygens (including phenoxy) is 2. The molecule has 21 heavy (non-hydrogen) atoms. The van der Waals surface area contributed by atoms with E-state index in [9.17, 15) is 9.59 Å². The van der Waals surface area contributed by atoms with Crippen molar-refractivity contribution in [3.8, 4) is 0 Å². The van der Waals surface area contributed by atoms with Gasteiger partial charge in [0.05, 0.1) is 0 Å². The second kappa shape index (κ2) is 4.45. The lowest BCUT2D eigenvalue weighted by Crippen LogP contribution is -2.57. The lowest BCUT2D eigenvalue weighted by molar-refractivity contribution is -0.253. The van der Waals surface area contributed by atoms with Crippen LogP contribution in [0.15, 0.2) is 36.9 Å². The predicted octanol–water partition coefficient (Wildman–Crippen LogP) is 2.72. The van der Waals surface area contributed by atoms with Crippen molar-refractivity contribution >= 4 is 11.9 Å². The predicted molar refractivity (Wildman–Crippen MR) is 76.4 cm³/mol. The Bertz CT molecular complexity index is 609. The second-order valence-electron chi connectivity index (χ2n) is 6.06. The van der Waals surface area contributed by atoms with Crippen molar-refractivity contribution in [2.24, 2.45) is 5.41 Å². The van der Waals surface area contributed by atoms with Gasteiger partial charge in [0, 0.05) is 19.8 Å². The first-order chi connectivity index (χ1) is 9.90. The molecule has 4 heteroatoms. The van der Waals surface area contributed by atoms with Crippen LogP contribution in [0.4, 0.5) is 0 Å². The molecule has 1 atom stereocenters. The van der Waals surface area contributed by atoms with E-state index in [4.69, 9.17) is 9.47 Å². The van der Waals surface area contributed by atoms with Crippen LogP contribution in [-0.2, 0) is 25.5 Å². The summed E-state index contributed by atoms with van der Waals surface area (Å²) in [4.78, 5) is 25.2. The lowest BCUT2D eigenvalue weighted by atomic mass is 9.63. The van der Waals surface area contributed by atoms with E-state index in [1.165, 1.54) is 0 Å². The minimum absolute atomic E-state index is 0.383. The van der Waals surface area contributed by atoms with Gasteiger partial charge in [-0.1, -0.05) is 30.3 Å². The monoisotopic (exact) mass is 286 g/mol. The number of allylic oxidation sites excluding steroid dienone is 1. The highest BCUT2D eigenvalue weighted by Gasteiger charge is 2.61. The Labute approximate surface area is 123 Å². The van der Waals surface area contributed by atoms with Gasteiger partial charge in [-0.2, -0.15) is 0 Å². The summed E-state index contributed by atoms with van der Waals surface area (Å²) in [6.07, 6.45) is 2.68. The first-order valence-corrected chi connectivity index (χ1v) is 7.08. The van der Waals surface area contributed by atoms with Crippen LogP contribution >= 0.6 is 0 Å². The van der Waals surface area contributed by atoms with Crippen molar-refractivity contribution in [2.45, 2.75) is 38.4 Å². The van der Waals surface area contributed by atoms with E-state index < -0.39 is 29.1 Å². The molecule has 1 aromatic rings. The fourth-order valence-corrected chi connectivity index (χ4v) is 3.34. The highest BCUT2D eigenvalue weighted by Crippen LogP contribution is 2.50. The summed E-state index contributed by atoms with van der Waals surface area (Å²) in [5.41, 5.74) is 0.789. The summed E-state index contributed by atoms with van der Waals surface area (Å²) in [6, 6.07) is 7.81. The molecule has 1 unspecified atom stereocenters. The molecule has 1 heterocycles. The van der Waals surface area contributed by atoms with Crippen LogP contribution in [0.1, 0.15) is 37.3 Å². The van der Waals surface area contributed by atoms with Gasteiger partial charge in [-0.3, -0.25) is 9.59 Å². The van der Waals surface area contributed by atoms with Crippen LogP contribution in [0.3, 0.4) is 0 Å². The van der Waals surface area contributed by atoms with Crippen LogP contribution in [0.25, 0.3) is 0 Å². The van der Waals surface area contributed by atoms with Gasteiger partial charge in [-0.25, -0.2) is 0 Å². The Hall–Kier alpha value is -2.10. The van der Waals surface area contributed by atoms with Crippen LogP contribution in [0, 0.1) is 5.41 Å². The Morgan fingerprint density at radius 2 is 1.81 bits per heavy atom. The molecule has 1 spiro atoms. The van der Waals surface area contributed by atoms with Gasteiger partial charge in [0.1, 0.15) is 0 Å². The summed E-state index contributed by atoms with van der Waals surface area (Å²) < 4.78 is 10.7. The molecule has 3 rings (SSSR count). The third-order valence-electron chi connectivity index (χ3n) is 4.35. The van der Waals surface area contributed by atoms with E-state index >= 15 is 0 Å². The van der Waals surface area contributed by atoms with E-state index in [0.29, 0.717) is 12.8 Å². The third-order valence-corrected chi connectivity index (χ3v) is 4.35. The van der Waals surface area contributed by atoms with E-state index in [1.54, 1.807) is 19.9 Å². The summed E-state index contributed by atoms with van der Waals surface area (Å²) in [7, 11) is 0. The van der Waals surface area contributed by atoms with Crippen LogP contribution in [0.2, 0.25) is 0 Å². The van der Waals surface area contributed by atoms with E-state index in [0.717, 1.165) is 11.1 Å². The number of hydrogen-bond donors (Lipinski definition) is 0. The van der Waals surface area contributed by atoms with Crippen molar-refractivity contribution < 1.29 is 19.1 Å². The summed E-state index contributed by atoms with van der Waals surface area (Å²) in [5.74, 6) is -2.65. The maximum atomic E-state index is 12.6. The molecule has 1 aromatic carbocycles. The van der Waals surface area contributed by atoms with E-state index in [1.807, 2.05) is 24.3 Å². The zero-order valence-corrected chi connectivity index (χ0v) is 12.2. The molecule has 0 amide bonds. The fraction of sp³-hybridized carbons (Fsp3) is 0.412. The molecule has 110 valence electrons. The molecular formula is C17H18O4. The van der Waals surface area contributed by atoms with Gasteiger partial charge in [-0.15, -0.1) is 6.58 Å². The van der Waals surface area contributed by atoms with Crippen molar-refractivity contribution in [1.29, 1.82) is 0 Å². The summed E-state index contributed by atoms with van der Waals surface area (Å²) in [5, 5.41) is 0. The van der Waals surface area contributed by atoms with E-state index in [-0.39, 0.29) is 0 Å². The maximum absolute atomic E-state index is 12.6. The molecule has 4 nitrogen and oxygen atoms in total. The maximum Gasteiger partial charge on any atom is 0.327 e. The largest absolute Gasteiger partial charge is 0.422 e. The molecule has 1 saturated heterocycles. The molecule has 1 aliphatic carbocycles. The number of carbonyl (C=O) groups excluding carboxylic acids is 2. The fourth-order valence-electron chi connectivity index (χ4n) is 3.34. The van der Waals surface area contributed by atoms with Gasteiger partial charge >= 0.3 is 11.9 Å². The SMILES string of the molecule is C=CC1c2ccccc2CCC12C(=O)OC(C)(C)OC2=O. The zero-order chi connectivity index (χ0) is 15.3. The summed E-state index contributed by atoms with van der Waals surface area (Å²) >= 11 is 0. The van der Waals surface area contributed by atoms with Crippen molar-refractivity contribution in [3.63, 3.8) is 0 Å². The molecule has 0 aromatic heterocycles. The third kappa shape index (κ3) is 1.89. The summed E-state index contributed by atoms with van der Waals surface area (Å²) in [6.45, 7) is 6.95. The number of esters is 2. The smallest absolute Gasteiger partial charge is 0.327 e. The number of rotatable bonds is 1. The normalized spacial score (nSPS) is 25.7. The lowest BCUT2D eigenvalue weighted by Gasteiger charge is -2.45. The standard InChI is InChI=1S/C17H18O4/c1-4-13-12-8-6-5-7-11(12)9-10-17(13)14(18)20-16(2,3)21-15(17)19/h4-8,13H,1,9-10H2,2-3H3. The van der Waals surface area contributed by atoms with Crippen molar-refractivity contribution in [2.75, 3.05) is 0 Å². The molecule has 0 saturated carbocycles. The van der Waals surface area contributed by atoms with Gasteiger partial charge in [0.15, 0.2) is 5.41 Å². The molecule has 0 N–H and O–H groups in total. The Morgan fingerprint density at radius 3 is 2.43 bits per heavy atom. The number of fused-ring (bicyclic) bond motifs is 1. The van der Waals surface area contributed by atoms with Gasteiger partial charge < -0.3 is 9.47 Å². The second-order valence-corrected chi connectivity index (χ2v) is 6.06. The highest BCUT2D eigenvalue weighted by atomic mass is 16.7. The molecule has 1 aliphatic heterocycles. The highest BCUT2D eigenvalue weighted by molar-refractivity contribution is 6.03. The van der Waals surface area contributed by atoms with Crippen LogP contribution in [0.5, 0.6) is 0 Å². The molecule has 0 bridgehead atoms. The molecular weight excluding hydrogens is 268 g/mol.